The van der Waals surface area contributed by atoms with Gasteiger partial charge in [-0.2, -0.15) is 0 Å². The van der Waals surface area contributed by atoms with E-state index in [-0.39, 0.29) is 0 Å². The number of hydrogen-bond acceptors (Lipinski definition) is 4. The first-order valence-corrected chi connectivity index (χ1v) is 5.51. The van der Waals surface area contributed by atoms with Gasteiger partial charge in [-0.05, 0) is 0 Å². The van der Waals surface area contributed by atoms with E-state index in [1.807, 2.05) is 10.3 Å². The summed E-state index contributed by atoms with van der Waals surface area (Å²) in [6, 6.07) is 0. The summed E-state index contributed by atoms with van der Waals surface area (Å²) >= 11 is 1.50. The number of aromatic nitrogens is 1. The molecule has 1 atom stereocenters. The van der Waals surface area contributed by atoms with Gasteiger partial charge >= 0.3 is 5.97 Å². The zero-order chi connectivity index (χ0) is 11.3. The fraction of sp³-hybridized carbons (Fsp3) is 0.400. The van der Waals surface area contributed by atoms with Crippen LogP contribution in [-0.2, 0) is 4.79 Å². The van der Waals surface area contributed by atoms with Gasteiger partial charge in [-0.1, -0.05) is 13.0 Å². The Morgan fingerprint density at radius 2 is 2.60 bits per heavy atom. The van der Waals surface area contributed by atoms with E-state index in [9.17, 15) is 4.79 Å². The van der Waals surface area contributed by atoms with Gasteiger partial charge in [0.05, 0.1) is 5.92 Å². The van der Waals surface area contributed by atoms with Crippen LogP contribution in [0.1, 0.15) is 6.92 Å². The molecule has 4 nitrogen and oxygen atoms in total. The second-order valence-electron chi connectivity index (χ2n) is 3.25. The molecule has 0 saturated carbocycles. The van der Waals surface area contributed by atoms with Gasteiger partial charge in [-0.25, -0.2) is 4.98 Å². The molecular formula is C10H14N2O2S. The number of carboxylic acids is 1. The normalized spacial score (nSPS) is 12.1. The second-order valence-corrected chi connectivity index (χ2v) is 4.12. The molecule has 0 spiro atoms. The molecule has 15 heavy (non-hydrogen) atoms. The first kappa shape index (κ1) is 11.7. The highest BCUT2D eigenvalue weighted by molar-refractivity contribution is 7.13. The van der Waals surface area contributed by atoms with Gasteiger partial charge in [-0.15, -0.1) is 17.9 Å². The molecule has 1 heterocycles. The Morgan fingerprint density at radius 3 is 3.07 bits per heavy atom. The van der Waals surface area contributed by atoms with Crippen LogP contribution in [0.2, 0.25) is 0 Å². The summed E-state index contributed by atoms with van der Waals surface area (Å²) in [5.74, 6) is -1.20. The maximum atomic E-state index is 10.7. The topological polar surface area (TPSA) is 53.4 Å². The van der Waals surface area contributed by atoms with E-state index in [1.54, 1.807) is 19.2 Å². The van der Waals surface area contributed by atoms with Crippen LogP contribution >= 0.6 is 11.3 Å². The second kappa shape index (κ2) is 5.50. The Labute approximate surface area is 92.9 Å². The molecule has 0 aromatic carbocycles. The summed E-state index contributed by atoms with van der Waals surface area (Å²) in [5, 5.41) is 11.5. The minimum atomic E-state index is -0.791. The molecular weight excluding hydrogens is 212 g/mol. The molecule has 0 bridgehead atoms. The van der Waals surface area contributed by atoms with Crippen LogP contribution in [0, 0.1) is 5.92 Å². The smallest absolute Gasteiger partial charge is 0.308 e. The van der Waals surface area contributed by atoms with Crippen LogP contribution in [0.15, 0.2) is 24.2 Å². The molecule has 82 valence electrons. The molecule has 0 aliphatic carbocycles. The first-order chi connectivity index (χ1) is 7.15. The Balaban J connectivity index is 2.67. The van der Waals surface area contributed by atoms with Crippen molar-refractivity contribution in [2.45, 2.75) is 6.92 Å². The summed E-state index contributed by atoms with van der Waals surface area (Å²) < 4.78 is 0. The molecule has 1 aromatic rings. The Morgan fingerprint density at radius 1 is 1.87 bits per heavy atom. The van der Waals surface area contributed by atoms with E-state index in [4.69, 9.17) is 5.11 Å². The molecule has 0 saturated heterocycles. The molecule has 1 rings (SSSR count). The van der Waals surface area contributed by atoms with Crippen molar-refractivity contribution in [3.05, 3.63) is 24.2 Å². The Bertz CT molecular complexity index is 324. The van der Waals surface area contributed by atoms with Gasteiger partial charge in [0.2, 0.25) is 0 Å². The van der Waals surface area contributed by atoms with Crippen LogP contribution in [0.3, 0.4) is 0 Å². The quantitative estimate of drug-likeness (QED) is 0.752. The molecule has 1 aromatic heterocycles. The van der Waals surface area contributed by atoms with Crippen molar-refractivity contribution in [1.82, 2.24) is 4.98 Å². The van der Waals surface area contributed by atoms with Gasteiger partial charge < -0.3 is 10.0 Å². The van der Waals surface area contributed by atoms with Crippen LogP contribution in [-0.4, -0.2) is 29.1 Å². The fourth-order valence-corrected chi connectivity index (χ4v) is 1.83. The highest BCUT2D eigenvalue weighted by atomic mass is 32.1. The highest BCUT2D eigenvalue weighted by Crippen LogP contribution is 2.18. The van der Waals surface area contributed by atoms with E-state index in [0.29, 0.717) is 13.1 Å². The number of carboxylic acid groups (broad SMARTS) is 1. The molecule has 1 unspecified atom stereocenters. The summed E-state index contributed by atoms with van der Waals surface area (Å²) in [4.78, 5) is 16.8. The average Bonchev–Trinajstić information content (AvgIpc) is 2.69. The van der Waals surface area contributed by atoms with Crippen LogP contribution in [0.4, 0.5) is 5.13 Å². The van der Waals surface area contributed by atoms with E-state index >= 15 is 0 Å². The number of aliphatic carboxylic acids is 1. The third-order valence-corrected chi connectivity index (χ3v) is 2.79. The van der Waals surface area contributed by atoms with E-state index < -0.39 is 11.9 Å². The lowest BCUT2D eigenvalue weighted by Gasteiger charge is -2.21. The van der Waals surface area contributed by atoms with Gasteiger partial charge in [0, 0.05) is 24.7 Å². The highest BCUT2D eigenvalue weighted by Gasteiger charge is 2.16. The number of nitrogens with zero attached hydrogens (tertiary/aromatic N) is 2. The van der Waals surface area contributed by atoms with Crippen molar-refractivity contribution in [2.24, 2.45) is 5.92 Å². The number of carbonyl (C=O) groups is 1. The minimum absolute atomic E-state index is 0.408. The van der Waals surface area contributed by atoms with Gasteiger partial charge in [-0.3, -0.25) is 4.79 Å². The monoisotopic (exact) mass is 226 g/mol. The van der Waals surface area contributed by atoms with Gasteiger partial charge in [0.25, 0.3) is 0 Å². The lowest BCUT2D eigenvalue weighted by atomic mass is 10.2. The lowest BCUT2D eigenvalue weighted by molar-refractivity contribution is -0.140. The zero-order valence-electron chi connectivity index (χ0n) is 8.59. The number of rotatable bonds is 6. The summed E-state index contributed by atoms with van der Waals surface area (Å²) in [6.45, 7) is 6.41. The van der Waals surface area contributed by atoms with Crippen molar-refractivity contribution in [1.29, 1.82) is 0 Å². The third kappa shape index (κ3) is 3.36. The van der Waals surface area contributed by atoms with E-state index in [1.165, 1.54) is 11.3 Å². The largest absolute Gasteiger partial charge is 0.481 e. The predicted octanol–water partition coefficient (Wildman–Crippen LogP) is 1.86. The standard InChI is InChI=1S/C10H14N2O2S/c1-3-5-12(7-8(2)9(13)14)10-11-4-6-15-10/h3-4,6,8H,1,5,7H2,2H3,(H,13,14). The van der Waals surface area contributed by atoms with Crippen molar-refractivity contribution >= 4 is 22.4 Å². The van der Waals surface area contributed by atoms with Crippen LogP contribution in [0.5, 0.6) is 0 Å². The number of thiazole rings is 1. The molecule has 0 fully saturated rings. The molecule has 0 radical (unpaired) electrons. The lowest BCUT2D eigenvalue weighted by Crippen LogP contribution is -2.31. The van der Waals surface area contributed by atoms with Crippen LogP contribution < -0.4 is 4.90 Å². The number of anilines is 1. The summed E-state index contributed by atoms with van der Waals surface area (Å²) in [7, 11) is 0. The molecule has 0 aliphatic rings. The van der Waals surface area contributed by atoms with Crippen molar-refractivity contribution in [3.8, 4) is 0 Å². The number of hydrogen-bond donors (Lipinski definition) is 1. The molecule has 5 heteroatoms. The predicted molar refractivity (Wildman–Crippen MR) is 61.3 cm³/mol. The van der Waals surface area contributed by atoms with Gasteiger partial charge in [0.15, 0.2) is 5.13 Å². The summed E-state index contributed by atoms with van der Waals surface area (Å²) in [6.07, 6.45) is 3.46. The zero-order valence-corrected chi connectivity index (χ0v) is 9.41. The Hall–Kier alpha value is -1.36. The average molecular weight is 226 g/mol. The van der Waals surface area contributed by atoms with Crippen molar-refractivity contribution < 1.29 is 9.90 Å². The fourth-order valence-electron chi connectivity index (χ4n) is 1.17. The third-order valence-electron chi connectivity index (χ3n) is 1.96. The SMILES string of the molecule is C=CCN(CC(C)C(=O)O)c1nccs1. The molecule has 1 N–H and O–H groups in total. The maximum absolute atomic E-state index is 10.7. The van der Waals surface area contributed by atoms with Crippen molar-refractivity contribution in [3.63, 3.8) is 0 Å². The van der Waals surface area contributed by atoms with Gasteiger partial charge in [0.1, 0.15) is 0 Å². The Kier molecular flexibility index (Phi) is 4.30. The molecule has 0 aliphatic heterocycles. The maximum Gasteiger partial charge on any atom is 0.308 e. The van der Waals surface area contributed by atoms with E-state index in [2.05, 4.69) is 11.6 Å². The van der Waals surface area contributed by atoms with Crippen LogP contribution in [0.25, 0.3) is 0 Å². The van der Waals surface area contributed by atoms with Crippen molar-refractivity contribution in [2.75, 3.05) is 18.0 Å². The molecule has 0 amide bonds. The minimum Gasteiger partial charge on any atom is -0.481 e. The first-order valence-electron chi connectivity index (χ1n) is 4.63. The van der Waals surface area contributed by atoms with E-state index in [0.717, 1.165) is 5.13 Å². The summed E-state index contributed by atoms with van der Waals surface area (Å²) in [5.41, 5.74) is 0.